The van der Waals surface area contributed by atoms with E-state index >= 15 is 0 Å². The van der Waals surface area contributed by atoms with Crippen LogP contribution in [0.4, 0.5) is 0 Å². The molecule has 0 saturated heterocycles. The predicted octanol–water partition coefficient (Wildman–Crippen LogP) is 14.7. The SMILES string of the molecule is CC/C=C\C/C=C\C/C=C\C/C=C\C/C=C\C/C=C\CCCCC(=O)OCC(COC(=O)CCCCCCC)OC(=O)C/C=C\C/C=C\C/C=C\C/C=C\C/C=C\CC. The van der Waals surface area contributed by atoms with Crippen molar-refractivity contribution in [2.45, 2.75) is 168 Å². The van der Waals surface area contributed by atoms with Gasteiger partial charge in [-0.2, -0.15) is 0 Å². The van der Waals surface area contributed by atoms with E-state index in [1.165, 1.54) is 0 Å². The number of hydrogen-bond acceptors (Lipinski definition) is 6. The molecule has 1 unspecified atom stereocenters. The Bertz CT molecular complexity index is 1350. The van der Waals surface area contributed by atoms with Gasteiger partial charge in [-0.1, -0.05) is 180 Å². The van der Waals surface area contributed by atoms with Crippen LogP contribution in [0.5, 0.6) is 0 Å². The smallest absolute Gasteiger partial charge is 0.310 e. The first-order valence-corrected chi connectivity index (χ1v) is 22.7. The van der Waals surface area contributed by atoms with E-state index in [2.05, 4.69) is 142 Å². The zero-order valence-corrected chi connectivity index (χ0v) is 37.2. The highest BCUT2D eigenvalue weighted by molar-refractivity contribution is 5.72. The van der Waals surface area contributed by atoms with Crippen molar-refractivity contribution in [1.29, 1.82) is 0 Å². The summed E-state index contributed by atoms with van der Waals surface area (Å²) in [7, 11) is 0. The van der Waals surface area contributed by atoms with E-state index in [-0.39, 0.29) is 38.0 Å². The van der Waals surface area contributed by atoms with Crippen molar-refractivity contribution < 1.29 is 28.6 Å². The summed E-state index contributed by atoms with van der Waals surface area (Å²) in [4.78, 5) is 37.4. The van der Waals surface area contributed by atoms with Crippen LogP contribution in [0.25, 0.3) is 0 Å². The molecule has 0 spiro atoms. The lowest BCUT2D eigenvalue weighted by molar-refractivity contribution is -0.166. The number of allylic oxidation sites excluding steroid dienone is 21. The lowest BCUT2D eigenvalue weighted by Crippen LogP contribution is -2.30. The molecule has 1 atom stereocenters. The molecule has 0 radical (unpaired) electrons. The van der Waals surface area contributed by atoms with Gasteiger partial charge >= 0.3 is 17.9 Å². The summed E-state index contributed by atoms with van der Waals surface area (Å²) in [5.74, 6) is -1.14. The summed E-state index contributed by atoms with van der Waals surface area (Å²) in [5, 5.41) is 0. The number of rotatable bonds is 38. The molecule has 0 fully saturated rings. The molecule has 0 amide bonds. The van der Waals surface area contributed by atoms with E-state index in [0.717, 1.165) is 109 Å². The molecule has 0 rings (SSSR count). The van der Waals surface area contributed by atoms with Crippen molar-refractivity contribution in [3.63, 3.8) is 0 Å². The Balaban J connectivity index is 4.45. The molecule has 0 aromatic rings. The van der Waals surface area contributed by atoms with Crippen molar-refractivity contribution >= 4 is 17.9 Å². The van der Waals surface area contributed by atoms with Crippen LogP contribution in [0.3, 0.4) is 0 Å². The third-order valence-electron chi connectivity index (χ3n) is 8.68. The van der Waals surface area contributed by atoms with Gasteiger partial charge in [0.1, 0.15) is 13.2 Å². The zero-order chi connectivity index (χ0) is 43.0. The largest absolute Gasteiger partial charge is 0.462 e. The molecule has 0 aliphatic heterocycles. The van der Waals surface area contributed by atoms with Gasteiger partial charge < -0.3 is 14.2 Å². The number of unbranched alkanes of at least 4 members (excludes halogenated alkanes) is 6. The molecule has 328 valence electrons. The standard InChI is InChI=1S/C53H80O6/c1-4-7-10-13-15-17-19-21-23-24-25-26-27-28-30-31-33-35-37-40-43-46-52(55)58-49-50(48-57-51(54)45-42-39-12-9-6-3)59-53(56)47-44-41-38-36-34-32-29-22-20-18-16-14-11-8-5-2/h7-8,10-11,15-18,21-23,25-26,28-30,33-36,41,44,50H,4-6,9,12-14,19-20,24,27,31-32,37-40,42-43,45-49H2,1-3H3/b10-7-,11-8-,17-15-,18-16-,23-21-,26-25-,29-22-,30-28-,35-33-,36-34-,44-41-. The van der Waals surface area contributed by atoms with Crippen LogP contribution in [0, 0.1) is 0 Å². The van der Waals surface area contributed by atoms with Crippen molar-refractivity contribution in [3.05, 3.63) is 134 Å². The van der Waals surface area contributed by atoms with Gasteiger partial charge in [0.05, 0.1) is 6.42 Å². The summed E-state index contributed by atoms with van der Waals surface area (Å²) >= 11 is 0. The molecule has 6 nitrogen and oxygen atoms in total. The average Bonchev–Trinajstić information content (AvgIpc) is 3.23. The molecular weight excluding hydrogens is 733 g/mol. The Morgan fingerprint density at radius 1 is 0.373 bits per heavy atom. The number of carbonyl (C=O) groups excluding carboxylic acids is 3. The lowest BCUT2D eigenvalue weighted by atomic mass is 10.1. The van der Waals surface area contributed by atoms with Crippen LogP contribution in [-0.2, 0) is 28.6 Å². The molecule has 0 aliphatic carbocycles. The second-order valence-corrected chi connectivity index (χ2v) is 14.2. The number of hydrogen-bond donors (Lipinski definition) is 0. The average molecular weight is 813 g/mol. The summed E-state index contributed by atoms with van der Waals surface area (Å²) in [6, 6.07) is 0. The maximum absolute atomic E-state index is 12.6. The van der Waals surface area contributed by atoms with Gasteiger partial charge in [-0.15, -0.1) is 0 Å². The molecule has 0 aromatic carbocycles. The first-order chi connectivity index (χ1) is 29.0. The minimum atomic E-state index is -0.850. The highest BCUT2D eigenvalue weighted by Gasteiger charge is 2.19. The monoisotopic (exact) mass is 813 g/mol. The molecule has 0 aliphatic rings. The van der Waals surface area contributed by atoms with E-state index in [9.17, 15) is 14.4 Å². The van der Waals surface area contributed by atoms with Gasteiger partial charge in [-0.05, 0) is 96.3 Å². The van der Waals surface area contributed by atoms with Crippen LogP contribution in [0.2, 0.25) is 0 Å². The van der Waals surface area contributed by atoms with Crippen LogP contribution in [-0.4, -0.2) is 37.2 Å². The highest BCUT2D eigenvalue weighted by atomic mass is 16.6. The Morgan fingerprint density at radius 2 is 0.712 bits per heavy atom. The summed E-state index contributed by atoms with van der Waals surface area (Å²) < 4.78 is 16.4. The molecule has 59 heavy (non-hydrogen) atoms. The summed E-state index contributed by atoms with van der Waals surface area (Å²) in [5.41, 5.74) is 0. The molecule has 0 N–H and O–H groups in total. The molecule has 6 heteroatoms. The van der Waals surface area contributed by atoms with Gasteiger partial charge in [0.2, 0.25) is 0 Å². The summed E-state index contributed by atoms with van der Waals surface area (Å²) in [6.07, 6.45) is 65.0. The first kappa shape index (κ1) is 54.6. The van der Waals surface area contributed by atoms with Crippen molar-refractivity contribution in [2.75, 3.05) is 13.2 Å². The second kappa shape index (κ2) is 46.2. The quantitative estimate of drug-likeness (QED) is 0.0267. The Kier molecular flexibility index (Phi) is 42.8. The Hall–Kier alpha value is -4.45. The number of esters is 3. The van der Waals surface area contributed by atoms with Gasteiger partial charge in [0, 0.05) is 12.8 Å². The molecule has 0 saturated carbocycles. The van der Waals surface area contributed by atoms with E-state index in [1.54, 1.807) is 6.08 Å². The Morgan fingerprint density at radius 3 is 1.10 bits per heavy atom. The molecule has 0 aromatic heterocycles. The van der Waals surface area contributed by atoms with E-state index in [4.69, 9.17) is 14.2 Å². The van der Waals surface area contributed by atoms with Crippen molar-refractivity contribution in [3.8, 4) is 0 Å². The molecule has 0 heterocycles. The third kappa shape index (κ3) is 44.5. The van der Waals surface area contributed by atoms with Gasteiger partial charge in [-0.25, -0.2) is 0 Å². The minimum absolute atomic E-state index is 0.0813. The fourth-order valence-electron chi connectivity index (χ4n) is 5.34. The first-order valence-electron chi connectivity index (χ1n) is 22.7. The fourth-order valence-corrected chi connectivity index (χ4v) is 5.34. The topological polar surface area (TPSA) is 78.9 Å². The third-order valence-corrected chi connectivity index (χ3v) is 8.68. The minimum Gasteiger partial charge on any atom is -0.462 e. The number of ether oxygens (including phenoxy) is 3. The maximum Gasteiger partial charge on any atom is 0.310 e. The normalized spacial score (nSPS) is 13.3. The number of carbonyl (C=O) groups is 3. The van der Waals surface area contributed by atoms with Crippen LogP contribution in [0.1, 0.15) is 162 Å². The van der Waals surface area contributed by atoms with E-state index < -0.39 is 12.1 Å². The van der Waals surface area contributed by atoms with Crippen LogP contribution >= 0.6 is 0 Å². The van der Waals surface area contributed by atoms with Crippen molar-refractivity contribution in [1.82, 2.24) is 0 Å². The van der Waals surface area contributed by atoms with Gasteiger partial charge in [0.25, 0.3) is 0 Å². The maximum atomic E-state index is 12.6. The lowest BCUT2D eigenvalue weighted by Gasteiger charge is -2.18. The van der Waals surface area contributed by atoms with Gasteiger partial charge in [0.15, 0.2) is 6.10 Å². The van der Waals surface area contributed by atoms with E-state index in [0.29, 0.717) is 19.3 Å². The molecule has 0 bridgehead atoms. The summed E-state index contributed by atoms with van der Waals surface area (Å²) in [6.45, 7) is 6.15. The van der Waals surface area contributed by atoms with E-state index in [1.807, 2.05) is 6.08 Å². The zero-order valence-electron chi connectivity index (χ0n) is 37.2. The fraction of sp³-hybridized carbons (Fsp3) is 0.528. The van der Waals surface area contributed by atoms with Crippen LogP contribution < -0.4 is 0 Å². The second-order valence-electron chi connectivity index (χ2n) is 14.2. The highest BCUT2D eigenvalue weighted by Crippen LogP contribution is 2.09. The van der Waals surface area contributed by atoms with Gasteiger partial charge in [-0.3, -0.25) is 14.4 Å². The van der Waals surface area contributed by atoms with Crippen LogP contribution in [0.15, 0.2) is 134 Å². The Labute approximate surface area is 360 Å². The molecular formula is C53H80O6. The predicted molar refractivity (Wildman–Crippen MR) is 251 cm³/mol. The van der Waals surface area contributed by atoms with Crippen molar-refractivity contribution in [2.24, 2.45) is 0 Å².